The molecule has 32 heavy (non-hydrogen) atoms. The molecule has 170 valence electrons. The summed E-state index contributed by atoms with van der Waals surface area (Å²) >= 11 is 5.40. The molecular formula is C24H29N3O4S. The minimum absolute atomic E-state index is 0.0608. The average Bonchev–Trinajstić information content (AvgIpc) is 2.77. The van der Waals surface area contributed by atoms with E-state index in [4.69, 9.17) is 21.7 Å². The zero-order valence-electron chi connectivity index (χ0n) is 18.7. The topological polar surface area (TPSA) is 85.4 Å². The Kier molecular flexibility index (Phi) is 8.05. The maximum Gasteiger partial charge on any atom is 0.262 e. The standard InChI is InChI=1S/C24H29N3O4S/c1-4-30-20-13-18-19(14-21(20)31-5-2)26-24(32)27(23(18)29)12-6-7-22(28)25-15-17-10-8-16(3)9-11-17/h8-11,13-14H,4-7,12,15H2,1-3H3,(H,25,28)(H,26,32). The van der Waals surface area contributed by atoms with Gasteiger partial charge in [0.05, 0.1) is 24.1 Å². The number of H-pyrrole nitrogens is 1. The van der Waals surface area contributed by atoms with Crippen molar-refractivity contribution in [2.75, 3.05) is 13.2 Å². The van der Waals surface area contributed by atoms with Crippen LogP contribution in [-0.4, -0.2) is 28.7 Å². The monoisotopic (exact) mass is 455 g/mol. The molecule has 0 radical (unpaired) electrons. The van der Waals surface area contributed by atoms with Gasteiger partial charge in [0.15, 0.2) is 16.3 Å². The van der Waals surface area contributed by atoms with Gasteiger partial charge in [-0.1, -0.05) is 29.8 Å². The number of aryl methyl sites for hydroxylation is 1. The fraction of sp³-hybridized carbons (Fsp3) is 0.375. The lowest BCUT2D eigenvalue weighted by Crippen LogP contribution is -2.25. The SMILES string of the molecule is CCOc1cc2[nH]c(=S)n(CCCC(=O)NCc3ccc(C)cc3)c(=O)c2cc1OCC. The molecule has 0 aliphatic rings. The molecule has 0 saturated carbocycles. The number of rotatable bonds is 10. The summed E-state index contributed by atoms with van der Waals surface area (Å²) in [7, 11) is 0. The predicted octanol–water partition coefficient (Wildman–Crippen LogP) is 4.26. The lowest BCUT2D eigenvalue weighted by atomic mass is 10.1. The molecule has 1 amide bonds. The summed E-state index contributed by atoms with van der Waals surface area (Å²) in [5.41, 5.74) is 2.61. The first kappa shape index (κ1) is 23.5. The molecular weight excluding hydrogens is 426 g/mol. The van der Waals surface area contributed by atoms with Gasteiger partial charge in [-0.15, -0.1) is 0 Å². The summed E-state index contributed by atoms with van der Waals surface area (Å²) < 4.78 is 13.1. The van der Waals surface area contributed by atoms with E-state index in [1.807, 2.05) is 45.0 Å². The van der Waals surface area contributed by atoms with Crippen molar-refractivity contribution in [3.05, 3.63) is 62.6 Å². The van der Waals surface area contributed by atoms with Gasteiger partial charge in [-0.2, -0.15) is 0 Å². The molecule has 0 aliphatic carbocycles. The van der Waals surface area contributed by atoms with Gasteiger partial charge >= 0.3 is 0 Å². The van der Waals surface area contributed by atoms with E-state index in [2.05, 4.69) is 10.3 Å². The van der Waals surface area contributed by atoms with E-state index in [1.54, 1.807) is 12.1 Å². The Morgan fingerprint density at radius 1 is 1.09 bits per heavy atom. The van der Waals surface area contributed by atoms with Crippen molar-refractivity contribution in [1.82, 2.24) is 14.9 Å². The highest BCUT2D eigenvalue weighted by Gasteiger charge is 2.13. The molecule has 0 aliphatic heterocycles. The third-order valence-electron chi connectivity index (χ3n) is 5.04. The Labute approximate surface area is 192 Å². The Hall–Kier alpha value is -3.13. The molecule has 0 bridgehead atoms. The van der Waals surface area contributed by atoms with E-state index in [-0.39, 0.29) is 11.5 Å². The summed E-state index contributed by atoms with van der Waals surface area (Å²) in [5, 5.41) is 3.38. The van der Waals surface area contributed by atoms with E-state index >= 15 is 0 Å². The van der Waals surface area contributed by atoms with Gasteiger partial charge in [0.2, 0.25) is 5.91 Å². The first-order valence-electron chi connectivity index (χ1n) is 10.8. The Balaban J connectivity index is 1.69. The first-order chi connectivity index (χ1) is 15.4. The van der Waals surface area contributed by atoms with Gasteiger partial charge in [-0.3, -0.25) is 14.2 Å². The van der Waals surface area contributed by atoms with Crippen LogP contribution in [0.4, 0.5) is 0 Å². The lowest BCUT2D eigenvalue weighted by molar-refractivity contribution is -0.121. The van der Waals surface area contributed by atoms with E-state index in [1.165, 1.54) is 10.1 Å². The number of hydrogen-bond acceptors (Lipinski definition) is 5. The van der Waals surface area contributed by atoms with Crippen LogP contribution in [0.5, 0.6) is 11.5 Å². The summed E-state index contributed by atoms with van der Waals surface area (Å²) in [6.07, 6.45) is 0.802. The second-order valence-electron chi connectivity index (χ2n) is 7.46. The zero-order chi connectivity index (χ0) is 23.1. The van der Waals surface area contributed by atoms with Gasteiger partial charge in [0, 0.05) is 25.6 Å². The number of carbonyl (C=O) groups is 1. The number of nitrogens with one attached hydrogen (secondary N) is 2. The predicted molar refractivity (Wildman–Crippen MR) is 128 cm³/mol. The summed E-state index contributed by atoms with van der Waals surface area (Å²) in [5.74, 6) is 1.02. The van der Waals surface area contributed by atoms with Crippen LogP contribution in [0.2, 0.25) is 0 Å². The van der Waals surface area contributed by atoms with Crippen LogP contribution < -0.4 is 20.3 Å². The number of carbonyl (C=O) groups excluding carboxylic acids is 1. The number of fused-ring (bicyclic) bond motifs is 1. The number of benzene rings is 2. The number of hydrogen-bond donors (Lipinski definition) is 2. The van der Waals surface area contributed by atoms with Gasteiger partial charge in [0.25, 0.3) is 5.56 Å². The van der Waals surface area contributed by atoms with Crippen LogP contribution in [0.25, 0.3) is 10.9 Å². The molecule has 2 N–H and O–H groups in total. The fourth-order valence-corrected chi connectivity index (χ4v) is 3.68. The average molecular weight is 456 g/mol. The lowest BCUT2D eigenvalue weighted by Gasteiger charge is -2.13. The molecule has 1 aromatic heterocycles. The first-order valence-corrected chi connectivity index (χ1v) is 11.2. The maximum atomic E-state index is 13.1. The Morgan fingerprint density at radius 3 is 2.41 bits per heavy atom. The van der Waals surface area contributed by atoms with E-state index in [0.717, 1.165) is 5.56 Å². The summed E-state index contributed by atoms with van der Waals surface area (Å²) in [6, 6.07) is 11.5. The van der Waals surface area contributed by atoms with E-state index in [0.29, 0.717) is 66.3 Å². The van der Waals surface area contributed by atoms with Crippen molar-refractivity contribution in [2.24, 2.45) is 0 Å². The number of nitrogens with zero attached hydrogens (tertiary/aromatic N) is 1. The minimum atomic E-state index is -0.215. The minimum Gasteiger partial charge on any atom is -0.490 e. The highest BCUT2D eigenvalue weighted by Crippen LogP contribution is 2.30. The number of ether oxygens (including phenoxy) is 2. The smallest absolute Gasteiger partial charge is 0.262 e. The molecule has 2 aromatic carbocycles. The number of amides is 1. The molecule has 0 unspecified atom stereocenters. The second-order valence-corrected chi connectivity index (χ2v) is 7.85. The van der Waals surface area contributed by atoms with Gasteiger partial charge in [-0.05, 0) is 51.0 Å². The molecule has 0 saturated heterocycles. The highest BCUT2D eigenvalue weighted by atomic mass is 32.1. The summed E-state index contributed by atoms with van der Waals surface area (Å²) in [4.78, 5) is 28.4. The second kappa shape index (κ2) is 10.9. The van der Waals surface area contributed by atoms with E-state index in [9.17, 15) is 9.59 Å². The molecule has 7 nitrogen and oxygen atoms in total. The fourth-order valence-electron chi connectivity index (χ4n) is 3.39. The van der Waals surface area contributed by atoms with E-state index < -0.39 is 0 Å². The van der Waals surface area contributed by atoms with Crippen molar-refractivity contribution < 1.29 is 14.3 Å². The molecule has 0 atom stereocenters. The maximum absolute atomic E-state index is 13.1. The van der Waals surface area contributed by atoms with Crippen LogP contribution in [0.3, 0.4) is 0 Å². The normalized spacial score (nSPS) is 10.8. The molecule has 0 fully saturated rings. The van der Waals surface area contributed by atoms with Crippen molar-refractivity contribution in [1.29, 1.82) is 0 Å². The summed E-state index contributed by atoms with van der Waals surface area (Å²) in [6.45, 7) is 7.56. The molecule has 1 heterocycles. The zero-order valence-corrected chi connectivity index (χ0v) is 19.5. The molecule has 8 heteroatoms. The van der Waals surface area contributed by atoms with Gasteiger partial charge in [0.1, 0.15) is 0 Å². The third-order valence-corrected chi connectivity index (χ3v) is 5.36. The molecule has 0 spiro atoms. The van der Waals surface area contributed by atoms with Crippen LogP contribution in [0, 0.1) is 11.7 Å². The van der Waals surface area contributed by atoms with Crippen molar-refractivity contribution in [3.63, 3.8) is 0 Å². The number of aromatic amines is 1. The van der Waals surface area contributed by atoms with Crippen molar-refractivity contribution in [2.45, 2.75) is 46.7 Å². The highest BCUT2D eigenvalue weighted by molar-refractivity contribution is 7.71. The largest absolute Gasteiger partial charge is 0.490 e. The van der Waals surface area contributed by atoms with Gasteiger partial charge < -0.3 is 19.8 Å². The number of aromatic nitrogens is 2. The van der Waals surface area contributed by atoms with Crippen LogP contribution >= 0.6 is 12.2 Å². The Bertz CT molecular complexity index is 1200. The molecule has 3 rings (SSSR count). The van der Waals surface area contributed by atoms with Crippen LogP contribution in [0.15, 0.2) is 41.2 Å². The van der Waals surface area contributed by atoms with Crippen molar-refractivity contribution >= 4 is 29.0 Å². The van der Waals surface area contributed by atoms with Crippen LogP contribution in [-0.2, 0) is 17.9 Å². The van der Waals surface area contributed by atoms with Gasteiger partial charge in [-0.25, -0.2) is 0 Å². The molecule has 3 aromatic rings. The van der Waals surface area contributed by atoms with Crippen molar-refractivity contribution in [3.8, 4) is 11.5 Å². The third kappa shape index (κ3) is 5.76. The van der Waals surface area contributed by atoms with Crippen LogP contribution in [0.1, 0.15) is 37.8 Å². The quantitative estimate of drug-likeness (QED) is 0.446. The Morgan fingerprint density at radius 2 is 1.75 bits per heavy atom.